The Bertz CT molecular complexity index is 377. The fourth-order valence-corrected chi connectivity index (χ4v) is 1.75. The van der Waals surface area contributed by atoms with Crippen LogP contribution in [0.3, 0.4) is 0 Å². The number of rotatable bonds is 2. The zero-order chi connectivity index (χ0) is 15.6. The monoisotopic (exact) mass is 296 g/mol. The van der Waals surface area contributed by atoms with Crippen LogP contribution in [-0.4, -0.2) is 46.9 Å². The molecule has 0 radical (unpaired) electrons. The highest BCUT2D eigenvalue weighted by molar-refractivity contribution is 5.80. The number of carbonyl (C=O) groups is 2. The first-order valence-electron chi connectivity index (χ1n) is 6.37. The topological polar surface area (TPSA) is 49.9 Å². The summed E-state index contributed by atoms with van der Waals surface area (Å²) in [5.74, 6) is -0.717. The predicted molar refractivity (Wildman–Crippen MR) is 64.6 cm³/mol. The van der Waals surface area contributed by atoms with Crippen molar-refractivity contribution in [1.82, 2.24) is 10.0 Å². The summed E-state index contributed by atoms with van der Waals surface area (Å²) >= 11 is 0. The molecule has 0 aromatic heterocycles. The molecule has 0 N–H and O–H groups in total. The molecule has 1 fully saturated rings. The minimum Gasteiger partial charge on any atom is -0.442 e. The maximum Gasteiger partial charge on any atom is 0.429 e. The minimum atomic E-state index is -4.38. The number of carbonyl (C=O) groups excluding carboxylic acids is 2. The van der Waals surface area contributed by atoms with Gasteiger partial charge >= 0.3 is 12.3 Å². The largest absolute Gasteiger partial charge is 0.442 e. The van der Waals surface area contributed by atoms with E-state index in [2.05, 4.69) is 0 Å². The fraction of sp³-hybridized carbons (Fsp3) is 0.833. The molecule has 1 aliphatic heterocycles. The maximum atomic E-state index is 12.1. The highest BCUT2D eigenvalue weighted by Crippen LogP contribution is 2.23. The van der Waals surface area contributed by atoms with E-state index in [1.165, 1.54) is 0 Å². The molecule has 2 amide bonds. The lowest BCUT2D eigenvalue weighted by molar-refractivity contribution is -0.155. The summed E-state index contributed by atoms with van der Waals surface area (Å²) < 4.78 is 41.4. The molecule has 0 unspecified atom stereocenters. The summed E-state index contributed by atoms with van der Waals surface area (Å²) in [6.45, 7) is 5.53. The third-order valence-corrected chi connectivity index (χ3v) is 2.55. The molecule has 0 saturated carbocycles. The molecule has 1 saturated heterocycles. The van der Waals surface area contributed by atoms with Crippen molar-refractivity contribution < 1.29 is 27.5 Å². The van der Waals surface area contributed by atoms with Gasteiger partial charge in [0.05, 0.1) is 6.42 Å². The molecule has 1 heterocycles. The van der Waals surface area contributed by atoms with E-state index in [1.807, 2.05) is 0 Å². The second-order valence-electron chi connectivity index (χ2n) is 5.59. The summed E-state index contributed by atoms with van der Waals surface area (Å²) in [5, 5.41) is 2.11. The van der Waals surface area contributed by atoms with Crippen LogP contribution >= 0.6 is 0 Å². The van der Waals surface area contributed by atoms with Crippen molar-refractivity contribution in [3.63, 3.8) is 0 Å². The van der Waals surface area contributed by atoms with Crippen LogP contribution in [0, 0.1) is 0 Å². The molecular weight excluding hydrogens is 277 g/mol. The van der Waals surface area contributed by atoms with Crippen molar-refractivity contribution in [2.45, 2.75) is 51.8 Å². The van der Waals surface area contributed by atoms with E-state index >= 15 is 0 Å². The first-order chi connectivity index (χ1) is 8.99. The quantitative estimate of drug-likeness (QED) is 0.787. The predicted octanol–water partition coefficient (Wildman–Crippen LogP) is 2.71. The Morgan fingerprint density at radius 3 is 2.15 bits per heavy atom. The van der Waals surface area contributed by atoms with Crippen molar-refractivity contribution in [2.75, 3.05) is 13.1 Å². The van der Waals surface area contributed by atoms with Gasteiger partial charge in [0.1, 0.15) is 5.60 Å². The van der Waals surface area contributed by atoms with Gasteiger partial charge in [-0.3, -0.25) is 4.79 Å². The zero-order valence-corrected chi connectivity index (χ0v) is 11.8. The van der Waals surface area contributed by atoms with Crippen molar-refractivity contribution in [1.29, 1.82) is 0 Å². The number of halogens is 3. The summed E-state index contributed by atoms with van der Waals surface area (Å²) in [5.41, 5.74) is -0.722. The van der Waals surface area contributed by atoms with Gasteiger partial charge in [-0.25, -0.2) is 14.8 Å². The molecule has 0 atom stereocenters. The fourth-order valence-electron chi connectivity index (χ4n) is 1.75. The summed E-state index contributed by atoms with van der Waals surface area (Å²) in [6, 6.07) is 0. The van der Waals surface area contributed by atoms with Gasteiger partial charge in [-0.05, 0) is 27.2 Å². The van der Waals surface area contributed by atoms with Gasteiger partial charge < -0.3 is 4.74 Å². The highest BCUT2D eigenvalue weighted by atomic mass is 19.4. The third kappa shape index (κ3) is 5.26. The lowest BCUT2D eigenvalue weighted by Gasteiger charge is -2.30. The Balaban J connectivity index is 2.60. The number of hydrazine groups is 1. The standard InChI is InChI=1S/C12H19F3N2O3/c1-11(2,3)20-10(19)17-8-4-7-16(17)9(18)5-6-12(13,14)15/h4-8H2,1-3H3. The Morgan fingerprint density at radius 1 is 1.10 bits per heavy atom. The van der Waals surface area contributed by atoms with Crippen molar-refractivity contribution in [3.05, 3.63) is 0 Å². The van der Waals surface area contributed by atoms with Gasteiger partial charge in [0, 0.05) is 19.5 Å². The van der Waals surface area contributed by atoms with E-state index in [9.17, 15) is 22.8 Å². The van der Waals surface area contributed by atoms with Gasteiger partial charge in [0.2, 0.25) is 5.91 Å². The number of hydrogen-bond acceptors (Lipinski definition) is 3. The smallest absolute Gasteiger partial charge is 0.429 e. The van der Waals surface area contributed by atoms with E-state index in [0.717, 1.165) is 10.0 Å². The molecule has 1 aliphatic rings. The molecule has 116 valence electrons. The normalized spacial score (nSPS) is 16.5. The summed E-state index contributed by atoms with van der Waals surface area (Å²) in [6.07, 6.45) is -6.42. The zero-order valence-electron chi connectivity index (χ0n) is 11.8. The van der Waals surface area contributed by atoms with Crippen LogP contribution < -0.4 is 0 Å². The molecule has 0 spiro atoms. The number of nitrogens with zero attached hydrogens (tertiary/aromatic N) is 2. The van der Waals surface area contributed by atoms with Crippen molar-refractivity contribution >= 4 is 12.0 Å². The lowest BCUT2D eigenvalue weighted by Crippen LogP contribution is -2.47. The van der Waals surface area contributed by atoms with E-state index in [1.54, 1.807) is 20.8 Å². The Kier molecular flexibility index (Phi) is 4.88. The average molecular weight is 296 g/mol. The van der Waals surface area contributed by atoms with Crippen molar-refractivity contribution in [3.8, 4) is 0 Å². The second kappa shape index (κ2) is 5.88. The molecule has 0 aliphatic carbocycles. The van der Waals surface area contributed by atoms with E-state index in [-0.39, 0.29) is 13.1 Å². The maximum absolute atomic E-state index is 12.1. The lowest BCUT2D eigenvalue weighted by atomic mass is 10.2. The van der Waals surface area contributed by atoms with Crippen LogP contribution in [0.2, 0.25) is 0 Å². The van der Waals surface area contributed by atoms with Gasteiger partial charge in [-0.15, -0.1) is 0 Å². The minimum absolute atomic E-state index is 0.232. The van der Waals surface area contributed by atoms with Crippen LogP contribution in [0.15, 0.2) is 0 Å². The third-order valence-electron chi connectivity index (χ3n) is 2.55. The molecule has 5 nitrogen and oxygen atoms in total. The van der Waals surface area contributed by atoms with E-state index in [4.69, 9.17) is 4.74 Å². The molecule has 0 aromatic carbocycles. The van der Waals surface area contributed by atoms with Crippen molar-refractivity contribution in [2.24, 2.45) is 0 Å². The van der Waals surface area contributed by atoms with Gasteiger partial charge in [-0.2, -0.15) is 13.2 Å². The Hall–Kier alpha value is -1.47. The molecule has 8 heteroatoms. The van der Waals surface area contributed by atoms with Gasteiger partial charge in [-0.1, -0.05) is 0 Å². The van der Waals surface area contributed by atoms with Gasteiger partial charge in [0.15, 0.2) is 0 Å². The first kappa shape index (κ1) is 16.6. The SMILES string of the molecule is CC(C)(C)OC(=O)N1CCCN1C(=O)CCC(F)(F)F. The first-order valence-corrected chi connectivity index (χ1v) is 6.37. The average Bonchev–Trinajstić information content (AvgIpc) is 2.71. The van der Waals surface area contributed by atoms with Crippen LogP contribution in [0.4, 0.5) is 18.0 Å². The van der Waals surface area contributed by atoms with Crippen LogP contribution in [0.25, 0.3) is 0 Å². The second-order valence-corrected chi connectivity index (χ2v) is 5.59. The van der Waals surface area contributed by atoms with Crippen LogP contribution in [-0.2, 0) is 9.53 Å². The molecule has 20 heavy (non-hydrogen) atoms. The number of alkyl halides is 3. The molecule has 0 aromatic rings. The Labute approximate surface area is 115 Å². The van der Waals surface area contributed by atoms with E-state index < -0.39 is 36.6 Å². The van der Waals surface area contributed by atoms with E-state index in [0.29, 0.717) is 6.42 Å². The Morgan fingerprint density at radius 2 is 1.65 bits per heavy atom. The molecular formula is C12H19F3N2O3. The van der Waals surface area contributed by atoms with Crippen LogP contribution in [0.1, 0.15) is 40.0 Å². The highest BCUT2D eigenvalue weighted by Gasteiger charge is 2.35. The molecule has 1 rings (SSSR count). The summed E-state index contributed by atoms with van der Waals surface area (Å²) in [4.78, 5) is 23.6. The molecule has 0 bridgehead atoms. The number of hydrogen-bond donors (Lipinski definition) is 0. The number of amides is 2. The van der Waals surface area contributed by atoms with Crippen LogP contribution in [0.5, 0.6) is 0 Å². The summed E-state index contributed by atoms with van der Waals surface area (Å²) in [7, 11) is 0. The van der Waals surface area contributed by atoms with Gasteiger partial charge in [0.25, 0.3) is 0 Å². The number of ether oxygens (including phenoxy) is 1.